The molecule has 0 aliphatic carbocycles. The second-order valence-electron chi connectivity index (χ2n) is 1.02. The first-order valence-electron chi connectivity index (χ1n) is 1.85. The zero-order valence-corrected chi connectivity index (χ0v) is 4.71. The van der Waals surface area contributed by atoms with Crippen molar-refractivity contribution in [3.05, 3.63) is 11.3 Å². The minimum atomic E-state index is 0.861. The number of hydrogen-bond donors (Lipinski definition) is 2. The molecule has 40 valence electrons. The van der Waals surface area contributed by atoms with E-state index in [1.165, 1.54) is 11.9 Å². The van der Waals surface area contributed by atoms with Crippen molar-refractivity contribution in [2.24, 2.45) is 0 Å². The summed E-state index contributed by atoms with van der Waals surface area (Å²) >= 11 is 1.42. The zero-order valence-electron chi connectivity index (χ0n) is 3.89. The maximum Gasteiger partial charge on any atom is 0.186 e. The first-order valence-corrected chi connectivity index (χ1v) is 2.66. The number of ether oxygens (including phenoxy) is 1. The third-order valence-corrected chi connectivity index (χ3v) is 1.31. The zero-order chi connectivity index (χ0) is 5.11. The van der Waals surface area contributed by atoms with E-state index in [1.54, 1.807) is 13.3 Å². The van der Waals surface area contributed by atoms with Gasteiger partial charge in [0.15, 0.2) is 5.09 Å². The van der Waals surface area contributed by atoms with Crippen LogP contribution in [0.25, 0.3) is 0 Å². The molecule has 1 rings (SSSR count). The molecular weight excluding hydrogens is 112 g/mol. The largest absolute Gasteiger partial charge is 0.488 e. The van der Waals surface area contributed by atoms with E-state index in [4.69, 9.17) is 4.74 Å². The summed E-state index contributed by atoms with van der Waals surface area (Å²) in [6, 6.07) is 0. The molecule has 7 heavy (non-hydrogen) atoms. The van der Waals surface area contributed by atoms with Gasteiger partial charge in [-0.05, 0) is 0 Å². The average Bonchev–Trinajstić information content (AvgIpc) is 2.14. The summed E-state index contributed by atoms with van der Waals surface area (Å²) in [5.41, 5.74) is 2.75. The van der Waals surface area contributed by atoms with Gasteiger partial charge in [-0.2, -0.15) is 4.83 Å². The molecule has 1 aliphatic heterocycles. The van der Waals surface area contributed by atoms with Crippen LogP contribution >= 0.6 is 11.9 Å². The van der Waals surface area contributed by atoms with Crippen LogP contribution < -0.4 is 10.3 Å². The molecule has 4 heteroatoms. The molecule has 3 nitrogen and oxygen atoms in total. The van der Waals surface area contributed by atoms with Gasteiger partial charge in [0, 0.05) is 11.9 Å². The van der Waals surface area contributed by atoms with Crippen LogP contribution in [0.4, 0.5) is 0 Å². The van der Waals surface area contributed by atoms with Crippen molar-refractivity contribution in [3.8, 4) is 0 Å². The number of hydrazine groups is 1. The lowest BCUT2D eigenvalue weighted by atomic mass is 11.0. The summed E-state index contributed by atoms with van der Waals surface area (Å²) in [5.74, 6) is 0. The summed E-state index contributed by atoms with van der Waals surface area (Å²) in [6.07, 6.45) is 1.75. The number of rotatable bonds is 1. The molecule has 0 bridgehead atoms. The highest BCUT2D eigenvalue weighted by Crippen LogP contribution is 2.12. The van der Waals surface area contributed by atoms with Gasteiger partial charge in [-0.25, -0.2) is 0 Å². The maximum absolute atomic E-state index is 4.81. The van der Waals surface area contributed by atoms with Crippen molar-refractivity contribution in [3.63, 3.8) is 0 Å². The molecule has 0 aromatic rings. The molecule has 0 saturated heterocycles. The van der Waals surface area contributed by atoms with E-state index in [1.807, 2.05) is 0 Å². The van der Waals surface area contributed by atoms with Crippen LogP contribution in [-0.2, 0) is 4.74 Å². The molecule has 0 fully saturated rings. The normalized spacial score (nSPS) is 18.1. The summed E-state index contributed by atoms with van der Waals surface area (Å²) in [6.45, 7) is 0. The van der Waals surface area contributed by atoms with Gasteiger partial charge in [0.1, 0.15) is 0 Å². The maximum atomic E-state index is 4.81. The molecule has 0 aromatic heterocycles. The highest BCUT2D eigenvalue weighted by atomic mass is 32.2. The summed E-state index contributed by atoms with van der Waals surface area (Å²) in [7, 11) is 1.63. The van der Waals surface area contributed by atoms with E-state index in [-0.39, 0.29) is 0 Å². The Morgan fingerprint density at radius 3 is 3.00 bits per heavy atom. The van der Waals surface area contributed by atoms with Crippen molar-refractivity contribution < 1.29 is 4.74 Å². The van der Waals surface area contributed by atoms with Crippen molar-refractivity contribution in [2.75, 3.05) is 7.11 Å². The van der Waals surface area contributed by atoms with E-state index < -0.39 is 0 Å². The van der Waals surface area contributed by atoms with Crippen LogP contribution in [0, 0.1) is 0 Å². The van der Waals surface area contributed by atoms with Crippen LogP contribution in [0.3, 0.4) is 0 Å². The van der Waals surface area contributed by atoms with Crippen LogP contribution in [-0.4, -0.2) is 7.11 Å². The number of methoxy groups -OCH3 is 1. The van der Waals surface area contributed by atoms with Gasteiger partial charge in [0.05, 0.1) is 13.3 Å². The van der Waals surface area contributed by atoms with Crippen LogP contribution in [0.5, 0.6) is 0 Å². The van der Waals surface area contributed by atoms with Crippen molar-refractivity contribution in [2.45, 2.75) is 0 Å². The Morgan fingerprint density at radius 2 is 2.71 bits per heavy atom. The molecule has 1 heterocycles. The smallest absolute Gasteiger partial charge is 0.186 e. The second-order valence-corrected chi connectivity index (χ2v) is 1.83. The fourth-order valence-electron chi connectivity index (χ4n) is 0.298. The van der Waals surface area contributed by atoms with Gasteiger partial charge in [-0.3, -0.25) is 0 Å². The van der Waals surface area contributed by atoms with E-state index in [2.05, 4.69) is 10.3 Å². The SMILES string of the molecule is COC1=CNNS1. The van der Waals surface area contributed by atoms with Crippen molar-refractivity contribution in [1.82, 2.24) is 10.3 Å². The molecule has 1 aliphatic rings. The fourth-order valence-corrected chi connectivity index (χ4v) is 0.718. The topological polar surface area (TPSA) is 33.3 Å². The minimum absolute atomic E-state index is 0.861. The van der Waals surface area contributed by atoms with E-state index >= 15 is 0 Å². The Hall–Kier alpha value is -0.350. The fraction of sp³-hybridized carbons (Fsp3) is 0.333. The standard InChI is InChI=1S/C3H6N2OS/c1-6-3-2-4-5-7-3/h2,4-5H,1H3. The Labute approximate surface area is 46.2 Å². The predicted octanol–water partition coefficient (Wildman–Crippen LogP) is 0.188. The molecule has 0 aromatic carbocycles. The highest BCUT2D eigenvalue weighted by molar-refractivity contribution is 8.01. The quantitative estimate of drug-likeness (QED) is 0.481. The summed E-state index contributed by atoms with van der Waals surface area (Å²) < 4.78 is 4.81. The molecule has 0 unspecified atom stereocenters. The third kappa shape index (κ3) is 1.01. The number of hydrogen-bond acceptors (Lipinski definition) is 4. The highest BCUT2D eigenvalue weighted by Gasteiger charge is 2.00. The lowest BCUT2D eigenvalue weighted by molar-refractivity contribution is 0.324. The van der Waals surface area contributed by atoms with E-state index in [0.717, 1.165) is 5.09 Å². The van der Waals surface area contributed by atoms with Gasteiger partial charge < -0.3 is 10.2 Å². The van der Waals surface area contributed by atoms with Crippen molar-refractivity contribution >= 4 is 11.9 Å². The van der Waals surface area contributed by atoms with Gasteiger partial charge in [-0.15, -0.1) is 0 Å². The summed E-state index contributed by atoms with van der Waals surface area (Å²) in [4.78, 5) is 2.77. The molecule has 0 spiro atoms. The van der Waals surface area contributed by atoms with Gasteiger partial charge in [0.25, 0.3) is 0 Å². The number of nitrogens with one attached hydrogen (secondary N) is 2. The first kappa shape index (κ1) is 4.80. The molecular formula is C3H6N2OS. The Bertz CT molecular complexity index is 92.9. The summed E-state index contributed by atoms with van der Waals surface area (Å²) in [5, 5.41) is 0.861. The second kappa shape index (κ2) is 2.09. The Balaban J connectivity index is 2.36. The molecule has 0 atom stereocenters. The van der Waals surface area contributed by atoms with Crippen LogP contribution in [0.2, 0.25) is 0 Å². The van der Waals surface area contributed by atoms with E-state index in [0.29, 0.717) is 0 Å². The Kier molecular flexibility index (Phi) is 1.43. The molecule has 0 amide bonds. The third-order valence-electron chi connectivity index (χ3n) is 0.602. The van der Waals surface area contributed by atoms with Crippen molar-refractivity contribution in [1.29, 1.82) is 0 Å². The lowest BCUT2D eigenvalue weighted by Crippen LogP contribution is -2.11. The predicted molar refractivity (Wildman–Crippen MR) is 29.0 cm³/mol. The van der Waals surface area contributed by atoms with Gasteiger partial charge in [-0.1, -0.05) is 0 Å². The van der Waals surface area contributed by atoms with Gasteiger partial charge in [0.2, 0.25) is 0 Å². The molecule has 0 saturated carbocycles. The molecule has 0 radical (unpaired) electrons. The van der Waals surface area contributed by atoms with Gasteiger partial charge >= 0.3 is 0 Å². The van der Waals surface area contributed by atoms with Crippen LogP contribution in [0.1, 0.15) is 0 Å². The first-order chi connectivity index (χ1) is 3.43. The van der Waals surface area contributed by atoms with E-state index in [9.17, 15) is 0 Å². The minimum Gasteiger partial charge on any atom is -0.488 e. The average molecular weight is 118 g/mol. The molecule has 2 N–H and O–H groups in total. The lowest BCUT2D eigenvalue weighted by Gasteiger charge is -1.91. The monoisotopic (exact) mass is 118 g/mol. The Morgan fingerprint density at radius 1 is 1.86 bits per heavy atom. The van der Waals surface area contributed by atoms with Crippen LogP contribution in [0.15, 0.2) is 11.3 Å².